The second-order valence-corrected chi connectivity index (χ2v) is 7.56. The van der Waals surface area contributed by atoms with E-state index in [-0.39, 0.29) is 0 Å². The van der Waals surface area contributed by atoms with Gasteiger partial charge >= 0.3 is 0 Å². The summed E-state index contributed by atoms with van der Waals surface area (Å²) in [6, 6.07) is 6.02. The maximum atomic E-state index is 5.89. The summed E-state index contributed by atoms with van der Waals surface area (Å²) in [6.45, 7) is 0. The normalized spacial score (nSPS) is 38.7. The predicted molar refractivity (Wildman–Crippen MR) is 80.4 cm³/mol. The van der Waals surface area contributed by atoms with Crippen molar-refractivity contribution in [3.63, 3.8) is 0 Å². The fraction of sp³-hybridized carbons (Fsp3) is 0.588. The number of benzene rings is 1. The van der Waals surface area contributed by atoms with Gasteiger partial charge in [0.05, 0.1) is 11.0 Å². The van der Waals surface area contributed by atoms with E-state index in [4.69, 9.17) is 10.7 Å². The second kappa shape index (κ2) is 3.57. The first-order chi connectivity index (χ1) is 9.70. The summed E-state index contributed by atoms with van der Waals surface area (Å²) in [5.74, 6) is 4.12. The average Bonchev–Trinajstić information content (AvgIpc) is 2.80. The number of nitrogens with two attached hydrogens (primary N) is 1. The van der Waals surface area contributed by atoms with E-state index in [1.807, 2.05) is 18.2 Å². The van der Waals surface area contributed by atoms with Crippen molar-refractivity contribution < 1.29 is 0 Å². The molecule has 0 saturated heterocycles. The zero-order chi connectivity index (χ0) is 13.3. The predicted octanol–water partition coefficient (Wildman–Crippen LogP) is 3.61. The summed E-state index contributed by atoms with van der Waals surface area (Å²) in [5.41, 5.74) is 9.24. The van der Waals surface area contributed by atoms with E-state index in [1.54, 1.807) is 0 Å². The van der Waals surface area contributed by atoms with Crippen molar-refractivity contribution in [1.82, 2.24) is 9.97 Å². The van der Waals surface area contributed by atoms with Gasteiger partial charge in [-0.15, -0.1) is 0 Å². The largest absolute Gasteiger partial charge is 0.399 e. The molecule has 0 radical (unpaired) electrons. The van der Waals surface area contributed by atoms with Gasteiger partial charge < -0.3 is 10.7 Å². The van der Waals surface area contributed by atoms with Crippen molar-refractivity contribution >= 4 is 16.7 Å². The highest BCUT2D eigenvalue weighted by Crippen LogP contribution is 2.60. The Labute approximate surface area is 119 Å². The van der Waals surface area contributed by atoms with E-state index in [9.17, 15) is 0 Å². The molecular weight excluding hydrogens is 246 g/mol. The van der Waals surface area contributed by atoms with Gasteiger partial charge in [-0.3, -0.25) is 0 Å². The molecule has 4 saturated carbocycles. The summed E-state index contributed by atoms with van der Waals surface area (Å²) < 4.78 is 0. The zero-order valence-corrected chi connectivity index (χ0v) is 11.7. The molecule has 3 heteroatoms. The summed E-state index contributed by atoms with van der Waals surface area (Å²) in [7, 11) is 0. The Hall–Kier alpha value is -1.51. The van der Waals surface area contributed by atoms with E-state index in [2.05, 4.69) is 4.98 Å². The number of nitrogens with one attached hydrogen (secondary N) is 1. The lowest BCUT2D eigenvalue weighted by Crippen LogP contribution is -2.49. The van der Waals surface area contributed by atoms with Crippen molar-refractivity contribution in [2.75, 3.05) is 5.73 Å². The highest BCUT2D eigenvalue weighted by Gasteiger charge is 2.53. The minimum Gasteiger partial charge on any atom is -0.399 e. The van der Waals surface area contributed by atoms with Gasteiger partial charge in [-0.05, 0) is 74.5 Å². The molecule has 0 amide bonds. The number of hydrogen-bond donors (Lipinski definition) is 2. The Balaban J connectivity index is 1.63. The summed E-state index contributed by atoms with van der Waals surface area (Å²) in [5, 5.41) is 0. The molecule has 0 unspecified atom stereocenters. The van der Waals surface area contributed by atoms with Crippen molar-refractivity contribution in [2.24, 2.45) is 17.8 Å². The number of nitrogens with zero attached hydrogens (tertiary/aromatic N) is 1. The minimum absolute atomic E-state index is 0.350. The molecule has 4 aliphatic carbocycles. The third-order valence-corrected chi connectivity index (χ3v) is 6.05. The lowest BCUT2D eigenvalue weighted by molar-refractivity contribution is -0.00886. The number of anilines is 1. The van der Waals surface area contributed by atoms with Crippen LogP contribution in [0.5, 0.6) is 0 Å². The van der Waals surface area contributed by atoms with Crippen LogP contribution >= 0.6 is 0 Å². The van der Waals surface area contributed by atoms with Gasteiger partial charge in [-0.25, -0.2) is 4.98 Å². The number of rotatable bonds is 1. The molecular formula is C17H21N3. The van der Waals surface area contributed by atoms with Crippen molar-refractivity contribution in [1.29, 1.82) is 0 Å². The molecule has 1 aromatic carbocycles. The van der Waals surface area contributed by atoms with Crippen LogP contribution in [0.15, 0.2) is 18.2 Å². The molecule has 6 rings (SSSR count). The third-order valence-electron chi connectivity index (χ3n) is 6.05. The van der Waals surface area contributed by atoms with Crippen LogP contribution in [0.1, 0.15) is 44.3 Å². The Morgan fingerprint density at radius 2 is 1.70 bits per heavy atom. The molecule has 3 N–H and O–H groups in total. The van der Waals surface area contributed by atoms with Crippen LogP contribution in [-0.2, 0) is 5.41 Å². The molecule has 0 aliphatic heterocycles. The van der Waals surface area contributed by atoms with Crippen LogP contribution in [0.25, 0.3) is 11.0 Å². The van der Waals surface area contributed by atoms with Crippen LogP contribution in [0.4, 0.5) is 5.69 Å². The molecule has 1 aromatic heterocycles. The van der Waals surface area contributed by atoms with Crippen LogP contribution in [0, 0.1) is 17.8 Å². The van der Waals surface area contributed by atoms with Gasteiger partial charge in [0.25, 0.3) is 0 Å². The van der Waals surface area contributed by atoms with Crippen LogP contribution < -0.4 is 5.73 Å². The highest BCUT2D eigenvalue weighted by atomic mass is 15.0. The number of nitrogen functional groups attached to an aromatic ring is 1. The molecule has 4 fully saturated rings. The summed E-state index contributed by atoms with van der Waals surface area (Å²) >= 11 is 0. The highest BCUT2D eigenvalue weighted by molar-refractivity contribution is 5.79. The number of aromatic nitrogens is 2. The van der Waals surface area contributed by atoms with E-state index < -0.39 is 0 Å². The topological polar surface area (TPSA) is 54.7 Å². The quantitative estimate of drug-likeness (QED) is 0.775. The monoisotopic (exact) mass is 267 g/mol. The van der Waals surface area contributed by atoms with Crippen molar-refractivity contribution in [3.8, 4) is 0 Å². The third kappa shape index (κ3) is 1.44. The molecule has 20 heavy (non-hydrogen) atoms. The number of imidazole rings is 1. The fourth-order valence-electron chi connectivity index (χ4n) is 5.68. The Morgan fingerprint density at radius 1 is 1.05 bits per heavy atom. The molecule has 3 nitrogen and oxygen atoms in total. The molecule has 104 valence electrons. The van der Waals surface area contributed by atoms with E-state index in [0.29, 0.717) is 5.41 Å². The van der Waals surface area contributed by atoms with Crippen LogP contribution in [-0.4, -0.2) is 9.97 Å². The number of fused-ring (bicyclic) bond motifs is 1. The lowest BCUT2D eigenvalue weighted by atomic mass is 9.49. The van der Waals surface area contributed by atoms with Gasteiger partial charge in [0.2, 0.25) is 0 Å². The van der Waals surface area contributed by atoms with Crippen LogP contribution in [0.3, 0.4) is 0 Å². The lowest BCUT2D eigenvalue weighted by Gasteiger charge is -2.55. The Morgan fingerprint density at radius 3 is 2.35 bits per heavy atom. The smallest absolute Gasteiger partial charge is 0.113 e. The standard InChI is InChI=1S/C17H21N3/c18-13-1-2-14-15(6-13)20-16(19-14)17-7-10-3-11(8-17)5-12(4-10)9-17/h1-2,6,10-12H,3-5,7-9,18H2,(H,19,20). The molecule has 2 aromatic rings. The van der Waals surface area contributed by atoms with E-state index in [0.717, 1.165) is 34.5 Å². The molecule has 1 heterocycles. The molecule has 4 aliphatic rings. The fourth-order valence-corrected chi connectivity index (χ4v) is 5.68. The Bertz CT molecular complexity index is 649. The number of H-pyrrole nitrogens is 1. The first kappa shape index (κ1) is 11.2. The van der Waals surface area contributed by atoms with Gasteiger partial charge in [-0.2, -0.15) is 0 Å². The SMILES string of the molecule is Nc1ccc2nc(C34CC5CC(CC(C5)C3)C4)[nH]c2c1. The maximum absolute atomic E-state index is 5.89. The molecule has 0 spiro atoms. The minimum atomic E-state index is 0.350. The van der Waals surface area contributed by atoms with E-state index >= 15 is 0 Å². The molecule has 4 bridgehead atoms. The van der Waals surface area contributed by atoms with Gasteiger partial charge in [0.15, 0.2) is 0 Å². The van der Waals surface area contributed by atoms with Gasteiger partial charge in [0.1, 0.15) is 5.82 Å². The summed E-state index contributed by atoms with van der Waals surface area (Å²) in [4.78, 5) is 8.54. The van der Waals surface area contributed by atoms with E-state index in [1.165, 1.54) is 44.3 Å². The molecule has 0 atom stereocenters. The first-order valence-corrected chi connectivity index (χ1v) is 7.96. The van der Waals surface area contributed by atoms with Gasteiger partial charge in [0, 0.05) is 11.1 Å². The first-order valence-electron chi connectivity index (χ1n) is 7.96. The van der Waals surface area contributed by atoms with Crippen molar-refractivity contribution in [2.45, 2.75) is 43.9 Å². The average molecular weight is 267 g/mol. The summed E-state index contributed by atoms with van der Waals surface area (Å²) in [6.07, 6.45) is 8.50. The van der Waals surface area contributed by atoms with Gasteiger partial charge in [-0.1, -0.05) is 0 Å². The maximum Gasteiger partial charge on any atom is 0.113 e. The Kier molecular flexibility index (Phi) is 2.00. The zero-order valence-electron chi connectivity index (χ0n) is 11.7. The number of hydrogen-bond acceptors (Lipinski definition) is 2. The van der Waals surface area contributed by atoms with Crippen LogP contribution in [0.2, 0.25) is 0 Å². The van der Waals surface area contributed by atoms with Crippen molar-refractivity contribution in [3.05, 3.63) is 24.0 Å². The number of aromatic amines is 1. The second-order valence-electron chi connectivity index (χ2n) is 7.56.